The number of rotatable bonds is 3. The Morgan fingerprint density at radius 3 is 2.17 bits per heavy atom. The summed E-state index contributed by atoms with van der Waals surface area (Å²) in [7, 11) is 3.22. The number of methoxy groups -OCH3 is 2. The SMILES string of the molecule is COc1cc(OC)cc(-c2ncnc(N)c2C)c1. The van der Waals surface area contributed by atoms with Crippen molar-refractivity contribution in [2.24, 2.45) is 0 Å². The van der Waals surface area contributed by atoms with E-state index in [1.807, 2.05) is 25.1 Å². The van der Waals surface area contributed by atoms with Gasteiger partial charge in [0.1, 0.15) is 23.6 Å². The van der Waals surface area contributed by atoms with Gasteiger partial charge < -0.3 is 15.2 Å². The van der Waals surface area contributed by atoms with E-state index in [1.54, 1.807) is 14.2 Å². The zero-order valence-electron chi connectivity index (χ0n) is 10.6. The molecule has 1 heterocycles. The maximum atomic E-state index is 5.79. The van der Waals surface area contributed by atoms with Crippen LogP contribution in [0.5, 0.6) is 11.5 Å². The summed E-state index contributed by atoms with van der Waals surface area (Å²) in [6, 6.07) is 5.58. The lowest BCUT2D eigenvalue weighted by molar-refractivity contribution is 0.394. The fourth-order valence-corrected chi connectivity index (χ4v) is 1.70. The summed E-state index contributed by atoms with van der Waals surface area (Å²) in [4.78, 5) is 8.21. The lowest BCUT2D eigenvalue weighted by atomic mass is 10.1. The van der Waals surface area contributed by atoms with Crippen molar-refractivity contribution >= 4 is 5.82 Å². The van der Waals surface area contributed by atoms with E-state index in [0.717, 1.165) is 16.8 Å². The van der Waals surface area contributed by atoms with Gasteiger partial charge >= 0.3 is 0 Å². The van der Waals surface area contributed by atoms with Crippen molar-refractivity contribution in [3.8, 4) is 22.8 Å². The highest BCUT2D eigenvalue weighted by Gasteiger charge is 2.10. The molecule has 0 saturated heterocycles. The van der Waals surface area contributed by atoms with E-state index in [1.165, 1.54) is 6.33 Å². The molecular formula is C13H15N3O2. The van der Waals surface area contributed by atoms with Crippen LogP contribution in [-0.2, 0) is 0 Å². The summed E-state index contributed by atoms with van der Waals surface area (Å²) in [5.74, 6) is 1.89. The Balaban J connectivity index is 2.59. The maximum absolute atomic E-state index is 5.79. The molecule has 0 radical (unpaired) electrons. The van der Waals surface area contributed by atoms with Crippen LogP contribution in [0.15, 0.2) is 24.5 Å². The highest BCUT2D eigenvalue weighted by atomic mass is 16.5. The lowest BCUT2D eigenvalue weighted by Gasteiger charge is -2.10. The standard InChI is InChI=1S/C13H15N3O2/c1-8-12(15-7-16-13(8)14)9-4-10(17-2)6-11(5-9)18-3/h4-7H,1-3H3,(H2,14,15,16). The molecule has 0 aliphatic rings. The van der Waals surface area contributed by atoms with Gasteiger partial charge in [-0.1, -0.05) is 0 Å². The van der Waals surface area contributed by atoms with E-state index in [0.29, 0.717) is 17.3 Å². The van der Waals surface area contributed by atoms with Gasteiger partial charge in [0.05, 0.1) is 19.9 Å². The molecule has 0 bridgehead atoms. The molecule has 0 saturated carbocycles. The molecule has 0 spiro atoms. The van der Waals surface area contributed by atoms with Crippen molar-refractivity contribution in [3.05, 3.63) is 30.1 Å². The third-order valence-corrected chi connectivity index (χ3v) is 2.75. The van der Waals surface area contributed by atoms with Gasteiger partial charge in [-0.25, -0.2) is 9.97 Å². The highest BCUT2D eigenvalue weighted by Crippen LogP contribution is 2.31. The van der Waals surface area contributed by atoms with Crippen molar-refractivity contribution in [2.45, 2.75) is 6.92 Å². The van der Waals surface area contributed by atoms with Gasteiger partial charge in [-0.15, -0.1) is 0 Å². The average Bonchev–Trinajstić information content (AvgIpc) is 2.41. The molecule has 5 nitrogen and oxygen atoms in total. The average molecular weight is 245 g/mol. The van der Waals surface area contributed by atoms with Crippen LogP contribution >= 0.6 is 0 Å². The van der Waals surface area contributed by atoms with Gasteiger partial charge in [0.15, 0.2) is 0 Å². The molecule has 0 amide bonds. The Labute approximate surface area is 106 Å². The Morgan fingerprint density at radius 2 is 1.61 bits per heavy atom. The minimum absolute atomic E-state index is 0.474. The third kappa shape index (κ3) is 2.20. The first kappa shape index (κ1) is 12.2. The van der Waals surface area contributed by atoms with Crippen LogP contribution in [0.3, 0.4) is 0 Å². The fourth-order valence-electron chi connectivity index (χ4n) is 1.70. The molecule has 1 aromatic carbocycles. The van der Waals surface area contributed by atoms with Crippen molar-refractivity contribution in [3.63, 3.8) is 0 Å². The van der Waals surface area contributed by atoms with Crippen molar-refractivity contribution in [2.75, 3.05) is 20.0 Å². The van der Waals surface area contributed by atoms with E-state index in [4.69, 9.17) is 15.2 Å². The minimum atomic E-state index is 0.474. The van der Waals surface area contributed by atoms with Crippen LogP contribution in [0.25, 0.3) is 11.3 Å². The van der Waals surface area contributed by atoms with Gasteiger partial charge in [0.25, 0.3) is 0 Å². The van der Waals surface area contributed by atoms with Crippen LogP contribution < -0.4 is 15.2 Å². The van der Waals surface area contributed by atoms with E-state index >= 15 is 0 Å². The zero-order chi connectivity index (χ0) is 13.1. The molecule has 5 heteroatoms. The molecule has 0 aliphatic carbocycles. The summed E-state index contributed by atoms with van der Waals surface area (Å²) in [5.41, 5.74) is 8.29. The molecule has 2 aromatic rings. The second-order valence-electron chi connectivity index (χ2n) is 3.83. The number of hydrogen-bond acceptors (Lipinski definition) is 5. The lowest BCUT2D eigenvalue weighted by Crippen LogP contribution is -1.99. The molecule has 0 atom stereocenters. The normalized spacial score (nSPS) is 10.2. The quantitative estimate of drug-likeness (QED) is 0.896. The molecule has 2 rings (SSSR count). The molecule has 1 aromatic heterocycles. The molecule has 94 valence electrons. The third-order valence-electron chi connectivity index (χ3n) is 2.75. The maximum Gasteiger partial charge on any atom is 0.130 e. The number of nitrogens with two attached hydrogens (primary N) is 1. The fraction of sp³-hybridized carbons (Fsp3) is 0.231. The topological polar surface area (TPSA) is 70.3 Å². The molecule has 18 heavy (non-hydrogen) atoms. The van der Waals surface area contributed by atoms with Crippen molar-refractivity contribution in [1.82, 2.24) is 9.97 Å². The molecule has 2 N–H and O–H groups in total. The predicted molar refractivity (Wildman–Crippen MR) is 69.7 cm³/mol. The molecule has 0 aliphatic heterocycles. The van der Waals surface area contributed by atoms with Gasteiger partial charge in [-0.3, -0.25) is 0 Å². The Bertz CT molecular complexity index is 548. The van der Waals surface area contributed by atoms with Crippen molar-refractivity contribution in [1.29, 1.82) is 0 Å². The summed E-state index contributed by atoms with van der Waals surface area (Å²) >= 11 is 0. The predicted octanol–water partition coefficient (Wildman–Crippen LogP) is 2.05. The second kappa shape index (κ2) is 4.91. The first-order valence-corrected chi connectivity index (χ1v) is 5.46. The molecule has 0 unspecified atom stereocenters. The largest absolute Gasteiger partial charge is 0.497 e. The number of ether oxygens (including phenoxy) is 2. The van der Waals surface area contributed by atoms with Crippen LogP contribution in [-0.4, -0.2) is 24.2 Å². The van der Waals surface area contributed by atoms with Crippen LogP contribution in [0.1, 0.15) is 5.56 Å². The van der Waals surface area contributed by atoms with Crippen LogP contribution in [0.2, 0.25) is 0 Å². The number of nitrogen functional groups attached to an aromatic ring is 1. The monoisotopic (exact) mass is 245 g/mol. The Kier molecular flexibility index (Phi) is 3.32. The molecule has 0 fully saturated rings. The number of benzene rings is 1. The van der Waals surface area contributed by atoms with Gasteiger partial charge in [-0.05, 0) is 19.1 Å². The van der Waals surface area contributed by atoms with Crippen LogP contribution in [0.4, 0.5) is 5.82 Å². The van der Waals surface area contributed by atoms with Gasteiger partial charge in [-0.2, -0.15) is 0 Å². The number of anilines is 1. The van der Waals surface area contributed by atoms with E-state index in [2.05, 4.69) is 9.97 Å². The number of aromatic nitrogens is 2. The summed E-state index contributed by atoms with van der Waals surface area (Å²) < 4.78 is 10.5. The van der Waals surface area contributed by atoms with E-state index in [-0.39, 0.29) is 0 Å². The summed E-state index contributed by atoms with van der Waals surface area (Å²) in [6.45, 7) is 1.89. The first-order valence-electron chi connectivity index (χ1n) is 5.46. The van der Waals surface area contributed by atoms with Crippen LogP contribution in [0, 0.1) is 6.92 Å². The van der Waals surface area contributed by atoms with Gasteiger partial charge in [0, 0.05) is 17.2 Å². The van der Waals surface area contributed by atoms with E-state index in [9.17, 15) is 0 Å². The highest BCUT2D eigenvalue weighted by molar-refractivity contribution is 5.69. The second-order valence-corrected chi connectivity index (χ2v) is 3.83. The Hall–Kier alpha value is -2.30. The molecular weight excluding hydrogens is 230 g/mol. The smallest absolute Gasteiger partial charge is 0.130 e. The summed E-state index contributed by atoms with van der Waals surface area (Å²) in [6.07, 6.45) is 1.45. The van der Waals surface area contributed by atoms with Crippen molar-refractivity contribution < 1.29 is 9.47 Å². The number of nitrogens with zero attached hydrogens (tertiary/aromatic N) is 2. The zero-order valence-corrected chi connectivity index (χ0v) is 10.6. The minimum Gasteiger partial charge on any atom is -0.497 e. The Morgan fingerprint density at radius 1 is 1.00 bits per heavy atom. The summed E-state index contributed by atoms with van der Waals surface area (Å²) in [5, 5.41) is 0. The van der Waals surface area contributed by atoms with Gasteiger partial charge in [0.2, 0.25) is 0 Å². The number of hydrogen-bond donors (Lipinski definition) is 1. The van der Waals surface area contributed by atoms with E-state index < -0.39 is 0 Å². The first-order chi connectivity index (χ1) is 8.65.